The van der Waals surface area contributed by atoms with Crippen LogP contribution in [0, 0.1) is 0 Å². The van der Waals surface area contributed by atoms with Crippen LogP contribution in [0.4, 0.5) is 0 Å². The highest BCUT2D eigenvalue weighted by Crippen LogP contribution is 2.36. The van der Waals surface area contributed by atoms with Gasteiger partial charge in [0, 0.05) is 6.42 Å². The Morgan fingerprint density at radius 3 is 1.67 bits per heavy atom. The van der Waals surface area contributed by atoms with E-state index >= 15 is 0 Å². The van der Waals surface area contributed by atoms with Crippen LogP contribution in [0.2, 0.25) is 0 Å². The van der Waals surface area contributed by atoms with E-state index in [0.29, 0.717) is 13.0 Å². The van der Waals surface area contributed by atoms with Crippen LogP contribution in [0.3, 0.4) is 0 Å². The summed E-state index contributed by atoms with van der Waals surface area (Å²) in [6.07, 6.45) is 11.6. The van der Waals surface area contributed by atoms with Crippen molar-refractivity contribution >= 4 is 5.97 Å². The van der Waals surface area contributed by atoms with Crippen molar-refractivity contribution in [2.75, 3.05) is 6.61 Å². The van der Waals surface area contributed by atoms with E-state index in [-0.39, 0.29) is 6.42 Å². The average molecular weight is 475 g/mol. The van der Waals surface area contributed by atoms with Crippen molar-refractivity contribution in [1.82, 2.24) is 0 Å². The molecule has 1 aliphatic rings. The second-order valence-corrected chi connectivity index (χ2v) is 9.66. The normalized spacial score (nSPS) is 27.7. The zero-order valence-electron chi connectivity index (χ0n) is 21.1. The first-order valence-corrected chi connectivity index (χ1v) is 13.5. The quantitative estimate of drug-likeness (QED) is 0.185. The molecule has 1 aliphatic heterocycles. The number of aliphatic hydroxyl groups excluding tert-OH is 3. The lowest BCUT2D eigenvalue weighted by Crippen LogP contribution is -2.67. The molecule has 0 unspecified atom stereocenters. The Labute approximate surface area is 200 Å². The van der Waals surface area contributed by atoms with Gasteiger partial charge in [-0.25, -0.2) is 4.79 Å². The van der Waals surface area contributed by atoms with E-state index in [1.807, 2.05) is 0 Å². The molecular weight excluding hydrogens is 424 g/mol. The van der Waals surface area contributed by atoms with Crippen LogP contribution in [0.5, 0.6) is 0 Å². The average Bonchev–Trinajstić information content (AvgIpc) is 2.80. The van der Waals surface area contributed by atoms with Crippen molar-refractivity contribution in [3.05, 3.63) is 0 Å². The summed E-state index contributed by atoms with van der Waals surface area (Å²) in [7, 11) is 0. The molecule has 0 aromatic carbocycles. The van der Waals surface area contributed by atoms with Crippen LogP contribution in [0.15, 0.2) is 0 Å². The molecule has 196 valence electrons. The SMILES string of the molecule is CCCCCCCCCCO[C@]1(CCCCCCCCCC)O[C@H](C(=O)O)[C@H](O)[C@H](O)[C@H]1O. The van der Waals surface area contributed by atoms with Crippen LogP contribution in [-0.2, 0) is 14.3 Å². The number of carbonyl (C=O) groups is 1. The number of hydrogen-bond acceptors (Lipinski definition) is 6. The van der Waals surface area contributed by atoms with Crippen molar-refractivity contribution in [1.29, 1.82) is 0 Å². The summed E-state index contributed by atoms with van der Waals surface area (Å²) in [6.45, 7) is 4.71. The maximum atomic E-state index is 11.6. The van der Waals surface area contributed by atoms with E-state index in [9.17, 15) is 25.2 Å². The Bertz CT molecular complexity index is 501. The number of hydrogen-bond donors (Lipinski definition) is 4. The first kappa shape index (κ1) is 30.3. The van der Waals surface area contributed by atoms with Crippen molar-refractivity contribution in [2.45, 2.75) is 153 Å². The molecule has 0 spiro atoms. The fourth-order valence-corrected chi connectivity index (χ4v) is 4.56. The molecule has 33 heavy (non-hydrogen) atoms. The summed E-state index contributed by atoms with van der Waals surface area (Å²) in [5, 5.41) is 40.6. The molecule has 1 rings (SSSR count). The predicted molar refractivity (Wildman–Crippen MR) is 129 cm³/mol. The minimum atomic E-state index is -1.70. The van der Waals surface area contributed by atoms with E-state index in [1.165, 1.54) is 57.8 Å². The van der Waals surface area contributed by atoms with Gasteiger partial charge in [0.2, 0.25) is 0 Å². The smallest absolute Gasteiger partial charge is 0.335 e. The van der Waals surface area contributed by atoms with Crippen LogP contribution in [0.1, 0.15) is 123 Å². The third-order valence-corrected chi connectivity index (χ3v) is 6.73. The Kier molecular flexibility index (Phi) is 16.2. The molecule has 0 aliphatic carbocycles. The highest BCUT2D eigenvalue weighted by atomic mass is 16.7. The maximum Gasteiger partial charge on any atom is 0.335 e. The number of rotatable bonds is 20. The predicted octanol–water partition coefficient (Wildman–Crippen LogP) is 4.94. The monoisotopic (exact) mass is 474 g/mol. The van der Waals surface area contributed by atoms with Crippen LogP contribution in [0.25, 0.3) is 0 Å². The third kappa shape index (κ3) is 11.0. The maximum absolute atomic E-state index is 11.6. The first-order valence-electron chi connectivity index (χ1n) is 13.5. The number of carboxylic acid groups (broad SMARTS) is 1. The highest BCUT2D eigenvalue weighted by Gasteiger charge is 2.56. The van der Waals surface area contributed by atoms with Crippen molar-refractivity contribution in [3.8, 4) is 0 Å². The fraction of sp³-hybridized carbons (Fsp3) is 0.962. The topological polar surface area (TPSA) is 116 Å². The Morgan fingerprint density at radius 1 is 0.727 bits per heavy atom. The van der Waals surface area contributed by atoms with Crippen molar-refractivity contribution in [3.63, 3.8) is 0 Å². The van der Waals surface area contributed by atoms with Crippen molar-refractivity contribution in [2.24, 2.45) is 0 Å². The van der Waals surface area contributed by atoms with Gasteiger partial charge in [-0.15, -0.1) is 0 Å². The Balaban J connectivity index is 2.56. The first-order chi connectivity index (χ1) is 15.9. The molecule has 0 saturated carbocycles. The molecule has 0 aromatic rings. The Hall–Kier alpha value is -0.730. The van der Waals surface area contributed by atoms with Crippen LogP contribution < -0.4 is 0 Å². The molecular formula is C26H50O7. The minimum Gasteiger partial charge on any atom is -0.479 e. The largest absolute Gasteiger partial charge is 0.479 e. The molecule has 7 heteroatoms. The second kappa shape index (κ2) is 17.7. The Morgan fingerprint density at radius 2 is 1.18 bits per heavy atom. The molecule has 7 nitrogen and oxygen atoms in total. The van der Waals surface area contributed by atoms with Crippen LogP contribution in [-0.4, -0.2) is 63.2 Å². The van der Waals surface area contributed by atoms with Gasteiger partial charge in [-0.3, -0.25) is 0 Å². The van der Waals surface area contributed by atoms with Gasteiger partial charge >= 0.3 is 5.97 Å². The number of ether oxygens (including phenoxy) is 2. The van der Waals surface area contributed by atoms with Gasteiger partial charge in [0.05, 0.1) is 6.61 Å². The summed E-state index contributed by atoms with van der Waals surface area (Å²) in [5.74, 6) is -2.98. The molecule has 0 radical (unpaired) electrons. The number of carboxylic acids is 1. The van der Waals surface area contributed by atoms with E-state index in [2.05, 4.69) is 13.8 Å². The standard InChI is InChI=1S/C26H50O7/c1-3-5-7-9-11-13-15-17-19-26(32-20-18-16-14-12-10-8-6-4-2)24(29)22(28)21(27)23(33-26)25(30)31/h21-24,27-29H,3-20H2,1-2H3,(H,30,31)/t21-,22+,23+,24-,26-/m1/s1. The summed E-state index contributed by atoms with van der Waals surface area (Å²) in [4.78, 5) is 11.6. The third-order valence-electron chi connectivity index (χ3n) is 6.73. The molecule has 0 aromatic heterocycles. The lowest BCUT2D eigenvalue weighted by atomic mass is 9.88. The second-order valence-electron chi connectivity index (χ2n) is 9.66. The van der Waals surface area contributed by atoms with Gasteiger partial charge in [0.25, 0.3) is 0 Å². The highest BCUT2D eigenvalue weighted by molar-refractivity contribution is 5.73. The number of unbranched alkanes of at least 4 members (excludes halogenated alkanes) is 14. The molecule has 0 amide bonds. The molecule has 5 atom stereocenters. The summed E-state index contributed by atoms with van der Waals surface area (Å²) in [6, 6.07) is 0. The van der Waals surface area contributed by atoms with Gasteiger partial charge < -0.3 is 29.9 Å². The fourth-order valence-electron chi connectivity index (χ4n) is 4.56. The summed E-state index contributed by atoms with van der Waals surface area (Å²) in [5.41, 5.74) is 0. The van der Waals surface area contributed by atoms with Crippen LogP contribution >= 0.6 is 0 Å². The molecule has 4 N–H and O–H groups in total. The van der Waals surface area contributed by atoms with E-state index in [4.69, 9.17) is 9.47 Å². The number of aliphatic hydroxyl groups is 3. The lowest BCUT2D eigenvalue weighted by molar-refractivity contribution is -0.359. The molecule has 1 fully saturated rings. The van der Waals surface area contributed by atoms with E-state index in [1.54, 1.807) is 0 Å². The summed E-state index contributed by atoms with van der Waals surface area (Å²) >= 11 is 0. The minimum absolute atomic E-state index is 0.285. The summed E-state index contributed by atoms with van der Waals surface area (Å²) < 4.78 is 11.7. The van der Waals surface area contributed by atoms with E-state index in [0.717, 1.165) is 38.5 Å². The zero-order valence-corrected chi connectivity index (χ0v) is 21.1. The van der Waals surface area contributed by atoms with Gasteiger partial charge in [-0.05, 0) is 12.8 Å². The molecule has 0 bridgehead atoms. The van der Waals surface area contributed by atoms with E-state index < -0.39 is 36.2 Å². The van der Waals surface area contributed by atoms with Crippen molar-refractivity contribution < 1.29 is 34.7 Å². The molecule has 1 heterocycles. The van der Waals surface area contributed by atoms with Gasteiger partial charge in [0.15, 0.2) is 11.9 Å². The van der Waals surface area contributed by atoms with Gasteiger partial charge in [0.1, 0.15) is 18.3 Å². The lowest BCUT2D eigenvalue weighted by Gasteiger charge is -2.47. The molecule has 1 saturated heterocycles. The van der Waals surface area contributed by atoms with Gasteiger partial charge in [-0.1, -0.05) is 104 Å². The van der Waals surface area contributed by atoms with Gasteiger partial charge in [-0.2, -0.15) is 0 Å². The number of aliphatic carboxylic acids is 1. The zero-order chi connectivity index (χ0) is 24.5.